The number of para-hydroxylation sites is 2. The summed E-state index contributed by atoms with van der Waals surface area (Å²) in [6.45, 7) is 10.8. The zero-order chi connectivity index (χ0) is 80.6. The van der Waals surface area contributed by atoms with Crippen LogP contribution in [0.15, 0.2) is 190 Å². The number of rotatable bonds is 16. The quantitative estimate of drug-likeness (QED) is 0.0708. The van der Waals surface area contributed by atoms with Gasteiger partial charge in [-0.15, -0.1) is 9.59 Å². The summed E-state index contributed by atoms with van der Waals surface area (Å²) < 4.78 is 14.5. The lowest BCUT2D eigenvalue weighted by Crippen LogP contribution is -2.48. The molecule has 4 saturated heterocycles. The van der Waals surface area contributed by atoms with Crippen LogP contribution >= 0.6 is 0 Å². The molecule has 4 aliphatic carbocycles. The van der Waals surface area contributed by atoms with E-state index in [2.05, 4.69) is 107 Å². The molecule has 12 unspecified atom stereocenters. The van der Waals surface area contributed by atoms with Crippen molar-refractivity contribution in [3.63, 3.8) is 0 Å². The number of carbonyl (C=O) groups is 4. The first-order valence-corrected chi connectivity index (χ1v) is 38.8. The molecule has 35 heteroatoms. The van der Waals surface area contributed by atoms with Crippen molar-refractivity contribution >= 4 is 53.3 Å². The molecule has 4 saturated carbocycles. The number of anilines is 4. The molecule has 4 amide bonds. The molecule has 8 aliphatic rings. The van der Waals surface area contributed by atoms with Gasteiger partial charge in [0.15, 0.2) is 17.5 Å². The lowest BCUT2D eigenvalue weighted by molar-refractivity contribution is -0.191. The molecule has 594 valence electrons. The molecule has 8 fully saturated rings. The fourth-order valence-electron chi connectivity index (χ4n) is 17.6. The van der Waals surface area contributed by atoms with Crippen molar-refractivity contribution in [2.75, 3.05) is 47.4 Å². The second-order valence-corrected chi connectivity index (χ2v) is 30.4. The fraction of sp³-hybridized carbons (Fsp3) is 0.341. The first kappa shape index (κ1) is 77.0. The molecule has 13 heterocycles. The number of amides is 4. The van der Waals surface area contributed by atoms with Gasteiger partial charge in [0, 0.05) is 99.3 Å². The van der Waals surface area contributed by atoms with Crippen molar-refractivity contribution in [1.82, 2.24) is 119 Å². The van der Waals surface area contributed by atoms with E-state index in [9.17, 15) is 23.6 Å². The van der Waals surface area contributed by atoms with Gasteiger partial charge in [-0.2, -0.15) is 45.0 Å². The van der Waals surface area contributed by atoms with Crippen LogP contribution in [0.25, 0.3) is 28.6 Å². The molecule has 3 aromatic carbocycles. The first-order valence-electron chi connectivity index (χ1n) is 38.8. The van der Waals surface area contributed by atoms with Crippen molar-refractivity contribution in [3.8, 4) is 28.6 Å². The van der Waals surface area contributed by atoms with E-state index in [0.29, 0.717) is 76.1 Å². The minimum absolute atomic E-state index is 0.0131. The van der Waals surface area contributed by atoms with E-state index in [1.807, 2.05) is 95.8 Å². The Bertz CT molecular complexity index is 5320. The van der Waals surface area contributed by atoms with Gasteiger partial charge >= 0.3 is 6.15 Å². The number of aromatic nitrogens is 20. The van der Waals surface area contributed by atoms with Crippen LogP contribution < -0.4 is 21.3 Å². The monoisotopic (exact) mass is 1570 g/mol. The average Bonchev–Trinajstić information content (AvgIpc) is 1.63. The van der Waals surface area contributed by atoms with Crippen LogP contribution in [-0.4, -0.2) is 224 Å². The van der Waals surface area contributed by atoms with E-state index >= 15 is 0 Å². The maximum absolute atomic E-state index is 14.5. The SMILES string of the molecule is Cc1cnc(NC2CC3CC2N(C(=O)c2cccc(F)c2-n2nccn2)C3)nc1.Cc1cnc(NC2CC3CC2N(C(=O)c2ccccc2-c2ncccn2)C3)cn1.Cc1cnc(NC2CC3CC2N(C(=O)c2ccccc2-n2nccn2)C3)cn1.Cc1cnc(NC2CC3CC2N(C(=O)c2cccnc2-n2nccn2)C3)nc1.O=C=O. The van der Waals surface area contributed by atoms with E-state index in [0.717, 1.165) is 116 Å². The van der Waals surface area contributed by atoms with Crippen LogP contribution in [0.3, 0.4) is 0 Å². The Morgan fingerprint density at radius 3 is 1.23 bits per heavy atom. The molecule has 20 rings (SSSR count). The molecule has 0 radical (unpaired) electrons. The lowest BCUT2D eigenvalue weighted by Gasteiger charge is -2.34. The summed E-state index contributed by atoms with van der Waals surface area (Å²) >= 11 is 0. The average molecular weight is 1580 g/mol. The van der Waals surface area contributed by atoms with Crippen molar-refractivity contribution in [2.45, 2.75) is 127 Å². The summed E-state index contributed by atoms with van der Waals surface area (Å²) in [5.41, 5.74) is 7.40. The van der Waals surface area contributed by atoms with Gasteiger partial charge in [-0.05, 0) is 162 Å². The van der Waals surface area contributed by atoms with Gasteiger partial charge in [0.25, 0.3) is 23.6 Å². The van der Waals surface area contributed by atoms with Crippen molar-refractivity contribution in [1.29, 1.82) is 0 Å². The predicted octanol–water partition coefficient (Wildman–Crippen LogP) is 8.15. The minimum atomic E-state index is -0.529. The van der Waals surface area contributed by atoms with Crippen LogP contribution in [0, 0.1) is 57.2 Å². The molecule has 117 heavy (non-hydrogen) atoms. The molecule has 0 spiro atoms. The Labute approximate surface area is 670 Å². The number of aryl methyl sites for hydroxylation is 4. The van der Waals surface area contributed by atoms with Gasteiger partial charge < -0.3 is 40.9 Å². The van der Waals surface area contributed by atoms with Crippen LogP contribution in [0.4, 0.5) is 27.9 Å². The third-order valence-electron chi connectivity index (χ3n) is 22.6. The molecule has 34 nitrogen and oxygen atoms in total. The van der Waals surface area contributed by atoms with E-state index in [4.69, 9.17) is 9.59 Å². The van der Waals surface area contributed by atoms with Gasteiger partial charge in [0.1, 0.15) is 17.3 Å². The third-order valence-corrected chi connectivity index (χ3v) is 22.6. The molecule has 12 atom stereocenters. The van der Waals surface area contributed by atoms with Gasteiger partial charge in [0.2, 0.25) is 11.9 Å². The number of hydrogen-bond acceptors (Lipinski definition) is 27. The largest absolute Gasteiger partial charge is 0.373 e. The van der Waals surface area contributed by atoms with Crippen LogP contribution in [0.1, 0.15) is 115 Å². The normalized spacial score (nSPS) is 22.4. The van der Waals surface area contributed by atoms with E-state index in [1.165, 1.54) is 28.1 Å². The number of nitrogens with zero attached hydrogens (tertiary/aromatic N) is 24. The maximum Gasteiger partial charge on any atom is 0.373 e. The summed E-state index contributed by atoms with van der Waals surface area (Å²) in [6, 6.07) is 25.9. The second kappa shape index (κ2) is 34.4. The van der Waals surface area contributed by atoms with Gasteiger partial charge in [0.05, 0.1) is 125 Å². The number of likely N-dealkylation sites (tertiary alicyclic amines) is 4. The lowest BCUT2D eigenvalue weighted by atomic mass is 10.0. The molecule has 9 aromatic heterocycles. The molecule has 12 aromatic rings. The van der Waals surface area contributed by atoms with Crippen molar-refractivity contribution in [3.05, 3.63) is 241 Å². The first-order chi connectivity index (χ1) is 57.1. The van der Waals surface area contributed by atoms with Crippen LogP contribution in [-0.2, 0) is 9.59 Å². The molecule has 4 N–H and O–H groups in total. The van der Waals surface area contributed by atoms with E-state index in [-0.39, 0.29) is 89.4 Å². The van der Waals surface area contributed by atoms with Gasteiger partial charge in [-0.3, -0.25) is 29.1 Å². The number of carbonyl (C=O) groups excluding carboxylic acids is 6. The molecule has 4 aliphatic heterocycles. The summed E-state index contributed by atoms with van der Waals surface area (Å²) in [5.74, 6) is 4.94. The van der Waals surface area contributed by atoms with Crippen LogP contribution in [0.5, 0.6) is 0 Å². The number of piperidine rings is 4. The summed E-state index contributed by atoms with van der Waals surface area (Å²) in [7, 11) is 0. The highest BCUT2D eigenvalue weighted by molar-refractivity contribution is 6.01. The Hall–Kier alpha value is -14.0. The highest BCUT2D eigenvalue weighted by Crippen LogP contribution is 2.44. The molecular formula is C82H83FN28O6. The summed E-state index contributed by atoms with van der Waals surface area (Å²) in [5, 5.41) is 38.4. The fourth-order valence-corrected chi connectivity index (χ4v) is 17.6. The van der Waals surface area contributed by atoms with Gasteiger partial charge in [-0.25, -0.2) is 49.2 Å². The summed E-state index contributed by atoms with van der Waals surface area (Å²) in [4.78, 5) is 129. The van der Waals surface area contributed by atoms with Crippen LogP contribution in [0.2, 0.25) is 0 Å². The number of hydrogen-bond donors (Lipinski definition) is 4. The number of halogens is 1. The van der Waals surface area contributed by atoms with Crippen molar-refractivity contribution < 1.29 is 33.2 Å². The molecular weight excluding hydrogens is 1490 g/mol. The Kier molecular flexibility index (Phi) is 22.6. The zero-order valence-electron chi connectivity index (χ0n) is 64.4. The Morgan fingerprint density at radius 1 is 0.368 bits per heavy atom. The Balaban J connectivity index is 0.000000115. The highest BCUT2D eigenvalue weighted by atomic mass is 19.1. The van der Waals surface area contributed by atoms with E-state index in [1.54, 1.807) is 123 Å². The third kappa shape index (κ3) is 16.9. The smallest absolute Gasteiger partial charge is 0.364 e. The standard InChI is InChI=1S/C22H22N6O.C20H20FN7O.C20H21N7O.C19H20N8O.CO2/c1-14-11-26-20(12-25-14)27-18-9-15-10-19(18)28(13-15)22(29)17-6-3-2-5-16(17)21-23-7-4-8-24-21;1-12-9-22-20(23-10-12)26-16-7-13-8-17(16)27(11-13)19(29)14-3-2-4-15(21)18(14)28-24-5-6-25-28;1-13-10-22-19(11-21-13)25-16-8-14-9-18(16)26(12-14)20(28)15-4-2-3-5-17(15)27-23-6-7-24-27;1-12-9-21-19(22-10-12)25-15-7-13-8-16(15)26(11-13)18(28)14-3-2-4-20-17(14)27-23-5-6-24-27;2-1-3/h2-8,11-12,15,18-19H,9-10,13H2,1H3,(H,26,27);2-6,9-10,13,16-17H,7-8,11H2,1H3,(H,22,23,26);2-7,10-11,14,16,18H,8-9,12H2,1H3,(H,22,25);2-6,9-10,13,15-16H,7-8,11H2,1H3,(H,21,22,25);. The highest BCUT2D eigenvalue weighted by Gasteiger charge is 2.52. The molecule has 8 bridgehead atoms. The number of pyridine rings is 1. The minimum Gasteiger partial charge on any atom is -0.364 e. The van der Waals surface area contributed by atoms with Gasteiger partial charge in [-0.1, -0.05) is 36.4 Å². The van der Waals surface area contributed by atoms with Crippen molar-refractivity contribution in [2.24, 2.45) is 23.7 Å². The second-order valence-electron chi connectivity index (χ2n) is 30.4. The predicted molar refractivity (Wildman–Crippen MR) is 421 cm³/mol. The topological polar surface area (TPSA) is 397 Å². The van der Waals surface area contributed by atoms with E-state index < -0.39 is 5.82 Å². The Morgan fingerprint density at radius 2 is 0.761 bits per heavy atom. The number of nitrogens with one attached hydrogen (secondary N) is 4. The number of fused-ring (bicyclic) bond motifs is 8. The maximum atomic E-state index is 14.5. The number of benzene rings is 3. The summed E-state index contributed by atoms with van der Waals surface area (Å²) in [6.07, 6.45) is 36.8. The zero-order valence-corrected chi connectivity index (χ0v) is 64.4.